The van der Waals surface area contributed by atoms with E-state index in [1.54, 1.807) is 6.20 Å². The van der Waals surface area contributed by atoms with Crippen LogP contribution >= 0.6 is 0 Å². The molecule has 1 saturated heterocycles. The standard InChI is InChI=1S/C20H23N3O2/c24-20(23-9-7-16-4-1-2-5-18(16)15-23)19(17-6-3-8-21-14-17)22-10-12-25-13-11-22/h1-6,8,14,19H,7,9-13,15H2/t19-/m0/s1. The van der Waals surface area contributed by atoms with Crippen LogP contribution in [0.1, 0.15) is 22.7 Å². The molecule has 1 aromatic carbocycles. The molecule has 5 heteroatoms. The molecule has 4 rings (SSSR count). The molecule has 130 valence electrons. The van der Waals surface area contributed by atoms with Gasteiger partial charge in [0.25, 0.3) is 0 Å². The molecule has 1 fully saturated rings. The molecule has 3 heterocycles. The smallest absolute Gasteiger partial charge is 0.244 e. The van der Waals surface area contributed by atoms with E-state index in [1.807, 2.05) is 29.3 Å². The molecule has 0 aliphatic carbocycles. The summed E-state index contributed by atoms with van der Waals surface area (Å²) in [5.74, 6) is 0.171. The van der Waals surface area contributed by atoms with Crippen LogP contribution in [0.4, 0.5) is 0 Å². The van der Waals surface area contributed by atoms with E-state index in [0.717, 1.165) is 31.6 Å². The molecule has 1 amide bonds. The van der Waals surface area contributed by atoms with Gasteiger partial charge in [-0.15, -0.1) is 0 Å². The molecule has 5 nitrogen and oxygen atoms in total. The minimum Gasteiger partial charge on any atom is -0.379 e. The van der Waals surface area contributed by atoms with E-state index in [0.29, 0.717) is 19.8 Å². The van der Waals surface area contributed by atoms with Crippen molar-refractivity contribution in [2.75, 3.05) is 32.8 Å². The summed E-state index contributed by atoms with van der Waals surface area (Å²) in [5, 5.41) is 0. The zero-order valence-corrected chi connectivity index (χ0v) is 14.3. The number of benzene rings is 1. The van der Waals surface area contributed by atoms with Crippen molar-refractivity contribution >= 4 is 5.91 Å². The van der Waals surface area contributed by atoms with Crippen LogP contribution in [0.3, 0.4) is 0 Å². The lowest BCUT2D eigenvalue weighted by atomic mass is 9.98. The number of amides is 1. The average molecular weight is 337 g/mol. The average Bonchev–Trinajstić information content (AvgIpc) is 2.69. The molecule has 0 radical (unpaired) electrons. The van der Waals surface area contributed by atoms with Crippen molar-refractivity contribution in [1.82, 2.24) is 14.8 Å². The van der Waals surface area contributed by atoms with E-state index in [2.05, 4.69) is 28.1 Å². The highest BCUT2D eigenvalue weighted by molar-refractivity contribution is 5.83. The van der Waals surface area contributed by atoms with Gasteiger partial charge in [-0.2, -0.15) is 0 Å². The fourth-order valence-electron chi connectivity index (χ4n) is 3.74. The van der Waals surface area contributed by atoms with E-state index in [9.17, 15) is 4.79 Å². The van der Waals surface area contributed by atoms with Crippen LogP contribution in [0.15, 0.2) is 48.8 Å². The second-order valence-electron chi connectivity index (χ2n) is 6.62. The Morgan fingerprint density at radius 1 is 1.04 bits per heavy atom. The van der Waals surface area contributed by atoms with E-state index in [-0.39, 0.29) is 11.9 Å². The maximum absolute atomic E-state index is 13.4. The van der Waals surface area contributed by atoms with Crippen molar-refractivity contribution in [2.45, 2.75) is 19.0 Å². The summed E-state index contributed by atoms with van der Waals surface area (Å²) in [5.41, 5.74) is 3.58. The van der Waals surface area contributed by atoms with Gasteiger partial charge in [0.2, 0.25) is 5.91 Å². The first-order valence-electron chi connectivity index (χ1n) is 8.90. The van der Waals surface area contributed by atoms with Crippen LogP contribution in [0.2, 0.25) is 0 Å². The van der Waals surface area contributed by atoms with Crippen molar-refractivity contribution in [3.63, 3.8) is 0 Å². The number of nitrogens with zero attached hydrogens (tertiary/aromatic N) is 3. The Kier molecular flexibility index (Phi) is 4.76. The Labute approximate surface area is 148 Å². The van der Waals surface area contributed by atoms with E-state index in [1.165, 1.54) is 11.1 Å². The number of morpholine rings is 1. The fraction of sp³-hybridized carbons (Fsp3) is 0.400. The van der Waals surface area contributed by atoms with Crippen molar-refractivity contribution in [2.24, 2.45) is 0 Å². The number of hydrogen-bond acceptors (Lipinski definition) is 4. The lowest BCUT2D eigenvalue weighted by Gasteiger charge is -2.38. The number of fused-ring (bicyclic) bond motifs is 1. The number of hydrogen-bond donors (Lipinski definition) is 0. The van der Waals surface area contributed by atoms with Gasteiger partial charge in [-0.3, -0.25) is 14.7 Å². The van der Waals surface area contributed by atoms with E-state index in [4.69, 9.17) is 4.74 Å². The molecular weight excluding hydrogens is 314 g/mol. The summed E-state index contributed by atoms with van der Waals surface area (Å²) in [6.07, 6.45) is 4.49. The number of rotatable bonds is 3. The highest BCUT2D eigenvalue weighted by Crippen LogP contribution is 2.27. The van der Waals surface area contributed by atoms with Crippen LogP contribution < -0.4 is 0 Å². The Hall–Kier alpha value is -2.24. The van der Waals surface area contributed by atoms with Gasteiger partial charge in [0.15, 0.2) is 0 Å². The zero-order chi connectivity index (χ0) is 17.1. The predicted octanol–water partition coefficient (Wildman–Crippen LogP) is 2.04. The monoisotopic (exact) mass is 337 g/mol. The third-order valence-electron chi connectivity index (χ3n) is 5.09. The quantitative estimate of drug-likeness (QED) is 0.860. The van der Waals surface area contributed by atoms with Crippen molar-refractivity contribution in [1.29, 1.82) is 0 Å². The maximum Gasteiger partial charge on any atom is 0.244 e. The Balaban J connectivity index is 1.60. The molecule has 0 unspecified atom stereocenters. The van der Waals surface area contributed by atoms with Gasteiger partial charge in [0, 0.05) is 38.6 Å². The normalized spacial score (nSPS) is 19.3. The van der Waals surface area contributed by atoms with Crippen LogP contribution in [0, 0.1) is 0 Å². The minimum absolute atomic E-state index is 0.171. The van der Waals surface area contributed by atoms with Crippen molar-refractivity contribution in [3.8, 4) is 0 Å². The summed E-state index contributed by atoms with van der Waals surface area (Å²) < 4.78 is 5.48. The molecule has 0 saturated carbocycles. The van der Waals surface area contributed by atoms with Gasteiger partial charge in [0.1, 0.15) is 6.04 Å². The van der Waals surface area contributed by atoms with Gasteiger partial charge >= 0.3 is 0 Å². The topological polar surface area (TPSA) is 45.7 Å². The van der Waals surface area contributed by atoms with Gasteiger partial charge in [-0.25, -0.2) is 0 Å². The van der Waals surface area contributed by atoms with Gasteiger partial charge in [0.05, 0.1) is 13.2 Å². The first kappa shape index (κ1) is 16.2. The van der Waals surface area contributed by atoms with Crippen LogP contribution in [-0.2, 0) is 22.5 Å². The molecule has 25 heavy (non-hydrogen) atoms. The largest absolute Gasteiger partial charge is 0.379 e. The second-order valence-corrected chi connectivity index (χ2v) is 6.62. The third kappa shape index (κ3) is 3.43. The van der Waals surface area contributed by atoms with E-state index < -0.39 is 0 Å². The first-order chi connectivity index (χ1) is 12.3. The summed E-state index contributed by atoms with van der Waals surface area (Å²) in [6, 6.07) is 12.0. The molecular formula is C20H23N3O2. The van der Waals surface area contributed by atoms with Crippen molar-refractivity contribution < 1.29 is 9.53 Å². The Bertz CT molecular complexity index is 729. The van der Waals surface area contributed by atoms with Crippen molar-refractivity contribution in [3.05, 3.63) is 65.5 Å². The summed E-state index contributed by atoms with van der Waals surface area (Å²) in [6.45, 7) is 4.36. The second kappa shape index (κ2) is 7.33. The highest BCUT2D eigenvalue weighted by atomic mass is 16.5. The first-order valence-corrected chi connectivity index (χ1v) is 8.90. The number of carbonyl (C=O) groups excluding carboxylic acids is 1. The molecule has 1 atom stereocenters. The van der Waals surface area contributed by atoms with E-state index >= 15 is 0 Å². The molecule has 2 aliphatic rings. The third-order valence-corrected chi connectivity index (χ3v) is 5.09. The summed E-state index contributed by atoms with van der Waals surface area (Å²) >= 11 is 0. The Morgan fingerprint density at radius 2 is 1.84 bits per heavy atom. The SMILES string of the molecule is O=C([C@H](c1cccnc1)N1CCOCC1)N1CCc2ccccc2C1. The van der Waals surface area contributed by atoms with Gasteiger partial charge in [-0.1, -0.05) is 30.3 Å². The zero-order valence-electron chi connectivity index (χ0n) is 14.3. The number of ether oxygens (including phenoxy) is 1. The molecule has 0 spiro atoms. The minimum atomic E-state index is -0.275. The maximum atomic E-state index is 13.4. The van der Waals surface area contributed by atoms with Crippen LogP contribution in [-0.4, -0.2) is 53.5 Å². The number of aromatic nitrogens is 1. The van der Waals surface area contributed by atoms with Gasteiger partial charge < -0.3 is 9.64 Å². The Morgan fingerprint density at radius 3 is 2.60 bits per heavy atom. The molecule has 1 aromatic heterocycles. The molecule has 0 bridgehead atoms. The summed E-state index contributed by atoms with van der Waals surface area (Å²) in [7, 11) is 0. The molecule has 0 N–H and O–H groups in total. The lowest BCUT2D eigenvalue weighted by molar-refractivity contribution is -0.140. The summed E-state index contributed by atoms with van der Waals surface area (Å²) in [4.78, 5) is 21.9. The van der Waals surface area contributed by atoms with Gasteiger partial charge in [-0.05, 0) is 29.2 Å². The predicted molar refractivity (Wildman–Crippen MR) is 94.9 cm³/mol. The fourth-order valence-corrected chi connectivity index (χ4v) is 3.74. The molecule has 2 aromatic rings. The van der Waals surface area contributed by atoms with Crippen LogP contribution in [0.25, 0.3) is 0 Å². The lowest BCUT2D eigenvalue weighted by Crippen LogP contribution is -2.48. The number of carbonyl (C=O) groups is 1. The number of pyridine rings is 1. The highest BCUT2D eigenvalue weighted by Gasteiger charge is 2.33. The molecule has 2 aliphatic heterocycles. The van der Waals surface area contributed by atoms with Crippen LogP contribution in [0.5, 0.6) is 0 Å².